The average molecular weight is 236 g/mol. The zero-order valence-corrected chi connectivity index (χ0v) is 9.96. The van der Waals surface area contributed by atoms with Gasteiger partial charge >= 0.3 is 0 Å². The van der Waals surface area contributed by atoms with Gasteiger partial charge in [-0.2, -0.15) is 5.26 Å². The number of nitrogens with zero attached hydrogens (tertiary/aromatic N) is 2. The zero-order chi connectivity index (χ0) is 11.6. The van der Waals surface area contributed by atoms with E-state index in [1.54, 1.807) is 0 Å². The summed E-state index contributed by atoms with van der Waals surface area (Å²) in [6, 6.07) is 9.84. The highest BCUT2D eigenvalue weighted by Gasteiger charge is 2.36. The van der Waals surface area contributed by atoms with Gasteiger partial charge in [-0.1, -0.05) is 11.6 Å². The molecule has 1 atom stereocenters. The third kappa shape index (κ3) is 2.29. The summed E-state index contributed by atoms with van der Waals surface area (Å²) in [6.45, 7) is 1.71. The smallest absolute Gasteiger partial charge is 0.139 e. The van der Waals surface area contributed by atoms with E-state index in [9.17, 15) is 5.26 Å². The number of halogens is 1. The van der Waals surface area contributed by atoms with E-state index in [2.05, 4.69) is 16.3 Å². The molecule has 0 bridgehead atoms. The van der Waals surface area contributed by atoms with Crippen LogP contribution in [0.1, 0.15) is 6.42 Å². The van der Waals surface area contributed by atoms with Gasteiger partial charge in [-0.3, -0.25) is 0 Å². The van der Waals surface area contributed by atoms with Gasteiger partial charge in [0.15, 0.2) is 0 Å². The topological polar surface area (TPSA) is 39.1 Å². The lowest BCUT2D eigenvalue weighted by Crippen LogP contribution is -2.39. The Morgan fingerprint density at radius 3 is 2.62 bits per heavy atom. The maximum atomic E-state index is 9.28. The molecule has 0 aliphatic carbocycles. The fourth-order valence-electron chi connectivity index (χ4n) is 2.03. The lowest BCUT2D eigenvalue weighted by atomic mass is 10.0. The summed E-state index contributed by atoms with van der Waals surface area (Å²) in [5, 5.41) is 13.3. The number of hydrogen-bond acceptors (Lipinski definition) is 3. The van der Waals surface area contributed by atoms with Crippen LogP contribution in [0.3, 0.4) is 0 Å². The minimum absolute atomic E-state index is 0.456. The van der Waals surface area contributed by atoms with Gasteiger partial charge < -0.3 is 10.2 Å². The lowest BCUT2D eigenvalue weighted by molar-refractivity contribution is 0.403. The second kappa shape index (κ2) is 4.32. The van der Waals surface area contributed by atoms with Crippen molar-refractivity contribution in [2.24, 2.45) is 0 Å². The molecule has 1 unspecified atom stereocenters. The van der Waals surface area contributed by atoms with Crippen LogP contribution in [-0.4, -0.2) is 30.6 Å². The number of rotatable bonds is 2. The molecule has 1 saturated heterocycles. The minimum Gasteiger partial charge on any atom is -0.366 e. The van der Waals surface area contributed by atoms with Gasteiger partial charge in [0, 0.05) is 23.8 Å². The SMILES string of the molecule is CN1CCC(C#N)(Nc2ccc(Cl)cc2)C1. The maximum Gasteiger partial charge on any atom is 0.139 e. The Morgan fingerprint density at radius 1 is 1.44 bits per heavy atom. The number of anilines is 1. The van der Waals surface area contributed by atoms with Crippen molar-refractivity contribution < 1.29 is 0 Å². The van der Waals surface area contributed by atoms with Crippen LogP contribution in [0.2, 0.25) is 5.02 Å². The van der Waals surface area contributed by atoms with Crippen molar-refractivity contribution in [3.05, 3.63) is 29.3 Å². The fourth-order valence-corrected chi connectivity index (χ4v) is 2.16. The van der Waals surface area contributed by atoms with E-state index in [4.69, 9.17) is 11.6 Å². The van der Waals surface area contributed by atoms with Gasteiger partial charge in [0.05, 0.1) is 6.07 Å². The van der Waals surface area contributed by atoms with Gasteiger partial charge in [-0.25, -0.2) is 0 Å². The molecule has 84 valence electrons. The molecule has 0 radical (unpaired) electrons. The third-order valence-electron chi connectivity index (χ3n) is 2.90. The van der Waals surface area contributed by atoms with Crippen molar-refractivity contribution in [2.75, 3.05) is 25.5 Å². The van der Waals surface area contributed by atoms with E-state index in [1.165, 1.54) is 0 Å². The predicted octanol–water partition coefficient (Wildman–Crippen LogP) is 2.35. The molecule has 2 rings (SSSR count). The number of hydrogen-bond donors (Lipinski definition) is 1. The first-order chi connectivity index (χ1) is 7.63. The second-order valence-corrected chi connectivity index (χ2v) is 4.75. The molecule has 0 amide bonds. The van der Waals surface area contributed by atoms with Gasteiger partial charge in [-0.05, 0) is 37.7 Å². The van der Waals surface area contributed by atoms with Crippen molar-refractivity contribution >= 4 is 17.3 Å². The molecule has 16 heavy (non-hydrogen) atoms. The second-order valence-electron chi connectivity index (χ2n) is 4.31. The van der Waals surface area contributed by atoms with Crippen molar-refractivity contribution in [2.45, 2.75) is 12.0 Å². The zero-order valence-electron chi connectivity index (χ0n) is 9.20. The number of likely N-dealkylation sites (tertiary alicyclic amines) is 1. The first-order valence-corrected chi connectivity index (χ1v) is 5.65. The molecule has 1 aliphatic heterocycles. The quantitative estimate of drug-likeness (QED) is 0.855. The number of nitriles is 1. The fraction of sp³-hybridized carbons (Fsp3) is 0.417. The average Bonchev–Trinajstić information content (AvgIpc) is 2.64. The van der Waals surface area contributed by atoms with E-state index in [-0.39, 0.29) is 0 Å². The highest BCUT2D eigenvalue weighted by molar-refractivity contribution is 6.30. The van der Waals surface area contributed by atoms with Crippen molar-refractivity contribution in [1.82, 2.24) is 4.90 Å². The van der Waals surface area contributed by atoms with E-state index in [0.29, 0.717) is 5.02 Å². The Morgan fingerprint density at radius 2 is 2.12 bits per heavy atom. The summed E-state index contributed by atoms with van der Waals surface area (Å²) in [5.74, 6) is 0. The summed E-state index contributed by atoms with van der Waals surface area (Å²) < 4.78 is 0. The summed E-state index contributed by atoms with van der Waals surface area (Å²) in [4.78, 5) is 2.16. The molecule has 1 aromatic carbocycles. The molecule has 0 aromatic heterocycles. The van der Waals surface area contributed by atoms with E-state index in [0.717, 1.165) is 25.2 Å². The lowest BCUT2D eigenvalue weighted by Gasteiger charge is -2.23. The Kier molecular flexibility index (Phi) is 3.04. The number of benzene rings is 1. The molecule has 1 fully saturated rings. The predicted molar refractivity (Wildman–Crippen MR) is 65.5 cm³/mol. The molecular formula is C12H14ClN3. The van der Waals surface area contributed by atoms with Gasteiger partial charge in [-0.15, -0.1) is 0 Å². The first-order valence-electron chi connectivity index (χ1n) is 5.27. The van der Waals surface area contributed by atoms with Crippen molar-refractivity contribution in [3.8, 4) is 6.07 Å². The molecule has 1 heterocycles. The van der Waals surface area contributed by atoms with E-state index >= 15 is 0 Å². The molecule has 1 aliphatic rings. The number of likely N-dealkylation sites (N-methyl/N-ethyl adjacent to an activating group) is 1. The Hall–Kier alpha value is -1.24. The molecule has 3 nitrogen and oxygen atoms in total. The van der Waals surface area contributed by atoms with Crippen LogP contribution in [-0.2, 0) is 0 Å². The Balaban J connectivity index is 2.14. The van der Waals surface area contributed by atoms with Gasteiger partial charge in [0.2, 0.25) is 0 Å². The van der Waals surface area contributed by atoms with Crippen LogP contribution in [0, 0.1) is 11.3 Å². The van der Waals surface area contributed by atoms with Crippen molar-refractivity contribution in [3.63, 3.8) is 0 Å². The van der Waals surface area contributed by atoms with Crippen LogP contribution >= 0.6 is 11.6 Å². The molecule has 0 saturated carbocycles. The summed E-state index contributed by atoms with van der Waals surface area (Å²) >= 11 is 5.82. The standard InChI is InChI=1S/C12H14ClN3/c1-16-7-6-12(8-14,9-16)15-11-4-2-10(13)3-5-11/h2-5,15H,6-7,9H2,1H3. The Labute approximate surface area is 101 Å². The van der Waals surface area contributed by atoms with Crippen LogP contribution in [0.4, 0.5) is 5.69 Å². The molecular weight excluding hydrogens is 222 g/mol. The van der Waals surface area contributed by atoms with Crippen LogP contribution in [0.25, 0.3) is 0 Å². The molecule has 0 spiro atoms. The summed E-state index contributed by atoms with van der Waals surface area (Å²) in [7, 11) is 2.03. The normalized spacial score (nSPS) is 25.3. The number of nitrogens with one attached hydrogen (secondary N) is 1. The first kappa shape index (κ1) is 11.3. The van der Waals surface area contributed by atoms with Gasteiger partial charge in [0.1, 0.15) is 5.54 Å². The van der Waals surface area contributed by atoms with E-state index < -0.39 is 5.54 Å². The minimum atomic E-state index is -0.456. The summed E-state index contributed by atoms with van der Waals surface area (Å²) in [6.07, 6.45) is 0.850. The van der Waals surface area contributed by atoms with Crippen LogP contribution in [0.15, 0.2) is 24.3 Å². The maximum absolute atomic E-state index is 9.28. The van der Waals surface area contributed by atoms with Gasteiger partial charge in [0.25, 0.3) is 0 Å². The van der Waals surface area contributed by atoms with E-state index in [1.807, 2.05) is 31.3 Å². The highest BCUT2D eigenvalue weighted by atomic mass is 35.5. The van der Waals surface area contributed by atoms with Crippen LogP contribution in [0.5, 0.6) is 0 Å². The molecule has 1 N–H and O–H groups in total. The van der Waals surface area contributed by atoms with Crippen LogP contribution < -0.4 is 5.32 Å². The highest BCUT2D eigenvalue weighted by Crippen LogP contribution is 2.25. The molecule has 1 aromatic rings. The molecule has 4 heteroatoms. The monoisotopic (exact) mass is 235 g/mol. The van der Waals surface area contributed by atoms with Crippen molar-refractivity contribution in [1.29, 1.82) is 5.26 Å². The summed E-state index contributed by atoms with van der Waals surface area (Å²) in [5.41, 5.74) is 0.490. The largest absolute Gasteiger partial charge is 0.366 e. The third-order valence-corrected chi connectivity index (χ3v) is 3.15. The Bertz CT molecular complexity index is 409.